The number of nitrogens with one attached hydrogen (secondary N) is 2. The first kappa shape index (κ1) is 20.7. The molecule has 2 aromatic carbocycles. The van der Waals surface area contributed by atoms with Gasteiger partial charge in [0.1, 0.15) is 18.1 Å². The van der Waals surface area contributed by atoms with Crippen LogP contribution >= 0.6 is 0 Å². The van der Waals surface area contributed by atoms with Gasteiger partial charge in [-0.1, -0.05) is 30.3 Å². The summed E-state index contributed by atoms with van der Waals surface area (Å²) in [5.74, 6) is -0.0294. The fraction of sp³-hybridized carbons (Fsp3) is 0.136. The van der Waals surface area contributed by atoms with Gasteiger partial charge in [-0.15, -0.1) is 0 Å². The van der Waals surface area contributed by atoms with Crippen LogP contribution in [0.25, 0.3) is 0 Å². The molecular formula is C22H21N5O3. The average Bonchev–Trinajstić information content (AvgIpc) is 2.78. The molecule has 0 aliphatic heterocycles. The lowest BCUT2D eigenvalue weighted by Crippen LogP contribution is -2.22. The van der Waals surface area contributed by atoms with E-state index in [4.69, 9.17) is 4.74 Å². The van der Waals surface area contributed by atoms with Crippen LogP contribution in [-0.4, -0.2) is 27.5 Å². The van der Waals surface area contributed by atoms with Gasteiger partial charge in [0, 0.05) is 23.8 Å². The lowest BCUT2D eigenvalue weighted by atomic mass is 10.2. The summed E-state index contributed by atoms with van der Waals surface area (Å²) in [6.45, 7) is 2.12. The molecule has 0 aliphatic carbocycles. The van der Waals surface area contributed by atoms with Crippen molar-refractivity contribution in [3.05, 3.63) is 84.4 Å². The number of nitrogens with zero attached hydrogens (tertiary/aromatic N) is 3. The van der Waals surface area contributed by atoms with Crippen LogP contribution in [0.15, 0.2) is 78.3 Å². The number of benzene rings is 2. The molecular weight excluding hydrogens is 382 g/mol. The van der Waals surface area contributed by atoms with Gasteiger partial charge in [-0.3, -0.25) is 14.6 Å². The molecule has 0 atom stereocenters. The zero-order chi connectivity index (χ0) is 21.2. The molecule has 0 radical (unpaired) electrons. The molecule has 3 rings (SSSR count). The standard InChI is InChI=1S/C22H21N5O3/c1-16(26-27-22(29)20-14-23-11-12-24-20)13-21(28)25-18-7-9-19(10-8-18)30-15-17-5-3-2-4-6-17/h2-12,14H,13,15H2,1H3,(H,25,28)(H,27,29)/b26-16+. The number of aromatic nitrogens is 2. The van der Waals surface area contributed by atoms with Crippen molar-refractivity contribution in [3.63, 3.8) is 0 Å². The number of carbonyl (C=O) groups is 2. The molecule has 0 spiro atoms. The Morgan fingerprint density at radius 3 is 2.50 bits per heavy atom. The van der Waals surface area contributed by atoms with E-state index in [0.717, 1.165) is 5.56 Å². The van der Waals surface area contributed by atoms with Crippen molar-refractivity contribution in [2.75, 3.05) is 5.32 Å². The lowest BCUT2D eigenvalue weighted by Gasteiger charge is -2.08. The van der Waals surface area contributed by atoms with Gasteiger partial charge in [-0.05, 0) is 36.8 Å². The van der Waals surface area contributed by atoms with Gasteiger partial charge in [-0.25, -0.2) is 10.4 Å². The van der Waals surface area contributed by atoms with Gasteiger partial charge in [0.25, 0.3) is 5.91 Å². The number of hydrazone groups is 1. The lowest BCUT2D eigenvalue weighted by molar-refractivity contribution is -0.115. The number of ether oxygens (including phenoxy) is 1. The van der Waals surface area contributed by atoms with E-state index in [1.54, 1.807) is 31.2 Å². The molecule has 152 valence electrons. The highest BCUT2D eigenvalue weighted by Crippen LogP contribution is 2.17. The number of amides is 2. The van der Waals surface area contributed by atoms with Crippen LogP contribution < -0.4 is 15.5 Å². The Labute approximate surface area is 174 Å². The van der Waals surface area contributed by atoms with Gasteiger partial charge in [-0.2, -0.15) is 5.10 Å². The summed E-state index contributed by atoms with van der Waals surface area (Å²) in [7, 11) is 0. The smallest absolute Gasteiger partial charge is 0.291 e. The summed E-state index contributed by atoms with van der Waals surface area (Å²) in [6, 6.07) is 17.0. The van der Waals surface area contributed by atoms with Crippen LogP contribution in [0.1, 0.15) is 29.4 Å². The summed E-state index contributed by atoms with van der Waals surface area (Å²) in [6.07, 6.45) is 4.25. The minimum absolute atomic E-state index is 0.0347. The van der Waals surface area contributed by atoms with E-state index in [9.17, 15) is 9.59 Å². The Morgan fingerprint density at radius 2 is 1.80 bits per heavy atom. The highest BCUT2D eigenvalue weighted by molar-refractivity contribution is 6.06. The predicted molar refractivity (Wildman–Crippen MR) is 113 cm³/mol. The van der Waals surface area contributed by atoms with Crippen LogP contribution in [-0.2, 0) is 11.4 Å². The third kappa shape index (κ3) is 6.52. The third-order valence-electron chi connectivity index (χ3n) is 3.95. The Kier molecular flexibility index (Phi) is 7.21. The monoisotopic (exact) mass is 403 g/mol. The number of anilines is 1. The number of rotatable bonds is 8. The Morgan fingerprint density at radius 1 is 1.03 bits per heavy atom. The van der Waals surface area contributed by atoms with Crippen molar-refractivity contribution in [1.29, 1.82) is 0 Å². The zero-order valence-electron chi connectivity index (χ0n) is 16.4. The molecule has 8 heteroatoms. The largest absolute Gasteiger partial charge is 0.489 e. The SMILES string of the molecule is C/C(CC(=O)Nc1ccc(OCc2ccccc2)cc1)=N\NC(=O)c1cnccn1. The van der Waals surface area contributed by atoms with Crippen molar-refractivity contribution < 1.29 is 14.3 Å². The number of hydrogen-bond acceptors (Lipinski definition) is 6. The second-order valence-corrected chi connectivity index (χ2v) is 6.40. The molecule has 0 unspecified atom stereocenters. The number of carbonyl (C=O) groups excluding carboxylic acids is 2. The molecule has 0 fully saturated rings. The van der Waals surface area contributed by atoms with E-state index in [1.165, 1.54) is 18.6 Å². The molecule has 30 heavy (non-hydrogen) atoms. The molecule has 3 aromatic rings. The quantitative estimate of drug-likeness (QED) is 0.444. The van der Waals surface area contributed by atoms with Crippen LogP contribution in [0.4, 0.5) is 5.69 Å². The maximum atomic E-state index is 12.2. The Balaban J connectivity index is 1.45. The van der Waals surface area contributed by atoms with Crippen LogP contribution in [0.3, 0.4) is 0 Å². The summed E-state index contributed by atoms with van der Waals surface area (Å²) in [5.41, 5.74) is 4.67. The second-order valence-electron chi connectivity index (χ2n) is 6.40. The van der Waals surface area contributed by atoms with Crippen LogP contribution in [0.2, 0.25) is 0 Å². The van der Waals surface area contributed by atoms with Gasteiger partial charge < -0.3 is 10.1 Å². The third-order valence-corrected chi connectivity index (χ3v) is 3.95. The Hall–Kier alpha value is -4.07. The molecule has 8 nitrogen and oxygen atoms in total. The maximum absolute atomic E-state index is 12.2. The summed E-state index contributed by atoms with van der Waals surface area (Å²) < 4.78 is 5.73. The highest BCUT2D eigenvalue weighted by Gasteiger charge is 2.08. The van der Waals surface area contributed by atoms with E-state index in [1.807, 2.05) is 30.3 Å². The first-order valence-electron chi connectivity index (χ1n) is 9.26. The fourth-order valence-corrected chi connectivity index (χ4v) is 2.47. The van der Waals surface area contributed by atoms with Crippen LogP contribution in [0, 0.1) is 0 Å². The second kappa shape index (κ2) is 10.5. The summed E-state index contributed by atoms with van der Waals surface area (Å²) in [4.78, 5) is 31.7. The summed E-state index contributed by atoms with van der Waals surface area (Å²) in [5, 5.41) is 6.70. The molecule has 1 aromatic heterocycles. The van der Waals surface area contributed by atoms with E-state index in [-0.39, 0.29) is 18.0 Å². The molecule has 2 N–H and O–H groups in total. The van der Waals surface area contributed by atoms with Crippen molar-refractivity contribution >= 4 is 23.2 Å². The molecule has 2 amide bonds. The topological polar surface area (TPSA) is 106 Å². The van der Waals surface area contributed by atoms with E-state index in [2.05, 4.69) is 25.8 Å². The van der Waals surface area contributed by atoms with Gasteiger partial charge in [0.05, 0.1) is 12.6 Å². The highest BCUT2D eigenvalue weighted by atomic mass is 16.5. The van der Waals surface area contributed by atoms with Gasteiger partial charge >= 0.3 is 0 Å². The predicted octanol–water partition coefficient (Wildman–Crippen LogP) is 3.19. The summed E-state index contributed by atoms with van der Waals surface area (Å²) >= 11 is 0. The molecule has 1 heterocycles. The van der Waals surface area contributed by atoms with E-state index < -0.39 is 5.91 Å². The Bertz CT molecular complexity index is 1010. The minimum atomic E-state index is -0.492. The first-order chi connectivity index (χ1) is 14.6. The average molecular weight is 403 g/mol. The normalized spacial score (nSPS) is 10.9. The van der Waals surface area contributed by atoms with Gasteiger partial charge in [0.2, 0.25) is 5.91 Å². The van der Waals surface area contributed by atoms with Crippen molar-refractivity contribution in [3.8, 4) is 5.75 Å². The van der Waals surface area contributed by atoms with Crippen LogP contribution in [0.5, 0.6) is 5.75 Å². The maximum Gasteiger partial charge on any atom is 0.291 e. The van der Waals surface area contributed by atoms with Crippen molar-refractivity contribution in [1.82, 2.24) is 15.4 Å². The first-order valence-corrected chi connectivity index (χ1v) is 9.26. The fourth-order valence-electron chi connectivity index (χ4n) is 2.47. The molecule has 0 bridgehead atoms. The minimum Gasteiger partial charge on any atom is -0.489 e. The molecule has 0 aliphatic rings. The van der Waals surface area contributed by atoms with Gasteiger partial charge in [0.15, 0.2) is 0 Å². The molecule has 0 saturated heterocycles. The van der Waals surface area contributed by atoms with Crippen molar-refractivity contribution in [2.24, 2.45) is 5.10 Å². The van der Waals surface area contributed by atoms with E-state index in [0.29, 0.717) is 23.8 Å². The van der Waals surface area contributed by atoms with E-state index >= 15 is 0 Å². The number of hydrogen-bond donors (Lipinski definition) is 2. The van der Waals surface area contributed by atoms with Crippen molar-refractivity contribution in [2.45, 2.75) is 20.0 Å². The molecule has 0 saturated carbocycles. The zero-order valence-corrected chi connectivity index (χ0v) is 16.4.